The van der Waals surface area contributed by atoms with Crippen molar-refractivity contribution in [1.29, 1.82) is 0 Å². The minimum atomic E-state index is -4.90. The largest absolute Gasteiger partial charge is 0.480 e. The van der Waals surface area contributed by atoms with Crippen LogP contribution < -0.4 is 5.56 Å². The van der Waals surface area contributed by atoms with E-state index in [2.05, 4.69) is 5.10 Å². The summed E-state index contributed by atoms with van der Waals surface area (Å²) >= 11 is 0. The molecule has 2 heterocycles. The molecule has 0 amide bonds. The minimum Gasteiger partial charge on any atom is -0.480 e. The average molecular weight is 355 g/mol. The number of carboxylic acid groups (broad SMARTS) is 1. The van der Waals surface area contributed by atoms with Crippen LogP contribution in [0.15, 0.2) is 41.6 Å². The lowest BCUT2D eigenvalue weighted by molar-refractivity contribution is -0.140. The van der Waals surface area contributed by atoms with Gasteiger partial charge in [0.25, 0.3) is 5.56 Å². The summed E-state index contributed by atoms with van der Waals surface area (Å²) in [6.07, 6.45) is -1.23. The number of aromatic nitrogens is 3. The van der Waals surface area contributed by atoms with Crippen molar-refractivity contribution in [3.8, 4) is 11.1 Å². The molecule has 130 valence electrons. The molecule has 6 nitrogen and oxygen atoms in total. The van der Waals surface area contributed by atoms with Gasteiger partial charge in [-0.3, -0.25) is 9.59 Å². The van der Waals surface area contributed by atoms with E-state index in [0.29, 0.717) is 12.1 Å². The number of fused-ring (bicyclic) bond motifs is 1. The highest BCUT2D eigenvalue weighted by Gasteiger charge is 2.34. The molecule has 0 unspecified atom stereocenters. The second kappa shape index (κ2) is 5.72. The Hall–Kier alpha value is -3.17. The molecule has 0 saturated carbocycles. The predicted octanol–water partition coefficient (Wildman–Crippen LogP) is 2.41. The fraction of sp³-hybridized carbons (Fsp3) is 0.133. The first-order chi connectivity index (χ1) is 11.7. The van der Waals surface area contributed by atoms with E-state index >= 15 is 0 Å². The molecule has 2 aromatic heterocycles. The molecule has 0 spiro atoms. The zero-order valence-corrected chi connectivity index (χ0v) is 12.3. The lowest BCUT2D eigenvalue weighted by Crippen LogP contribution is -2.25. The van der Waals surface area contributed by atoms with Crippen LogP contribution in [0.25, 0.3) is 16.6 Å². The molecule has 3 aromatic rings. The number of carboxylic acids is 1. The van der Waals surface area contributed by atoms with E-state index in [1.165, 1.54) is 12.4 Å². The predicted molar refractivity (Wildman–Crippen MR) is 77.5 cm³/mol. The van der Waals surface area contributed by atoms with Crippen molar-refractivity contribution in [2.24, 2.45) is 0 Å². The standard InChI is InChI=1S/C15H9F4N3O3/c16-11-2-1-8(5-10(11)15(17,18)19)9-6-20-22-4-3-21(7-12(23)24)14(25)13(9)22/h1-6H,7H2,(H,23,24). The maximum Gasteiger partial charge on any atom is 0.419 e. The SMILES string of the molecule is O=C(O)Cn1ccn2ncc(-c3ccc(F)c(C(F)(F)F)c3)c2c1=O. The van der Waals surface area contributed by atoms with Crippen LogP contribution in [0.2, 0.25) is 0 Å². The third kappa shape index (κ3) is 2.97. The summed E-state index contributed by atoms with van der Waals surface area (Å²) in [5, 5.41) is 12.7. The molecule has 0 bridgehead atoms. The highest BCUT2D eigenvalue weighted by molar-refractivity contribution is 5.79. The molecule has 0 aliphatic heterocycles. The number of nitrogens with zero attached hydrogens (tertiary/aromatic N) is 3. The number of alkyl halides is 3. The highest BCUT2D eigenvalue weighted by atomic mass is 19.4. The Bertz CT molecular complexity index is 1040. The van der Waals surface area contributed by atoms with Crippen LogP contribution in [-0.4, -0.2) is 25.3 Å². The van der Waals surface area contributed by atoms with Crippen LogP contribution in [0.3, 0.4) is 0 Å². The van der Waals surface area contributed by atoms with E-state index in [9.17, 15) is 27.2 Å². The molecule has 0 aliphatic rings. The highest BCUT2D eigenvalue weighted by Crippen LogP contribution is 2.34. The Morgan fingerprint density at radius 1 is 1.24 bits per heavy atom. The molecule has 3 rings (SSSR count). The maximum absolute atomic E-state index is 13.4. The normalized spacial score (nSPS) is 11.8. The summed E-state index contributed by atoms with van der Waals surface area (Å²) < 4.78 is 54.1. The minimum absolute atomic E-state index is 0.0373. The number of hydrogen-bond donors (Lipinski definition) is 1. The fourth-order valence-corrected chi connectivity index (χ4v) is 2.43. The van der Waals surface area contributed by atoms with Gasteiger partial charge in [-0.2, -0.15) is 18.3 Å². The van der Waals surface area contributed by atoms with Crippen molar-refractivity contribution in [3.63, 3.8) is 0 Å². The van der Waals surface area contributed by atoms with Gasteiger partial charge in [-0.1, -0.05) is 6.07 Å². The van der Waals surface area contributed by atoms with E-state index in [1.54, 1.807) is 0 Å². The van der Waals surface area contributed by atoms with Gasteiger partial charge in [-0.05, 0) is 17.7 Å². The second-order valence-electron chi connectivity index (χ2n) is 5.17. The Balaban J connectivity index is 2.23. The molecule has 0 fully saturated rings. The van der Waals surface area contributed by atoms with Crippen LogP contribution in [-0.2, 0) is 17.5 Å². The van der Waals surface area contributed by atoms with E-state index in [-0.39, 0.29) is 16.6 Å². The summed E-state index contributed by atoms with van der Waals surface area (Å²) in [5.74, 6) is -2.69. The third-order valence-electron chi connectivity index (χ3n) is 3.54. The molecule has 10 heteroatoms. The van der Waals surface area contributed by atoms with Crippen molar-refractivity contribution in [1.82, 2.24) is 14.2 Å². The van der Waals surface area contributed by atoms with Gasteiger partial charge in [0.1, 0.15) is 17.9 Å². The number of rotatable bonds is 3. The van der Waals surface area contributed by atoms with E-state index < -0.39 is 35.6 Å². The number of halogens is 4. The molecule has 0 radical (unpaired) electrons. The molecule has 25 heavy (non-hydrogen) atoms. The zero-order valence-electron chi connectivity index (χ0n) is 12.3. The lowest BCUT2D eigenvalue weighted by atomic mass is 10.0. The molecule has 1 N–H and O–H groups in total. The molecule has 0 aliphatic carbocycles. The van der Waals surface area contributed by atoms with Crippen LogP contribution in [0.4, 0.5) is 17.6 Å². The first-order valence-corrected chi connectivity index (χ1v) is 6.84. The van der Waals surface area contributed by atoms with Gasteiger partial charge in [0.2, 0.25) is 0 Å². The van der Waals surface area contributed by atoms with Crippen molar-refractivity contribution in [2.45, 2.75) is 12.7 Å². The van der Waals surface area contributed by atoms with Gasteiger partial charge in [0, 0.05) is 18.0 Å². The van der Waals surface area contributed by atoms with Crippen LogP contribution >= 0.6 is 0 Å². The van der Waals surface area contributed by atoms with Crippen LogP contribution in [0, 0.1) is 5.82 Å². The summed E-state index contributed by atoms with van der Waals surface area (Å²) in [6, 6.07) is 2.33. The Kier molecular flexibility index (Phi) is 3.82. The van der Waals surface area contributed by atoms with E-state index in [1.807, 2.05) is 0 Å². The van der Waals surface area contributed by atoms with Gasteiger partial charge in [0.15, 0.2) is 0 Å². The number of aliphatic carboxylic acids is 1. The lowest BCUT2D eigenvalue weighted by Gasteiger charge is -2.10. The average Bonchev–Trinajstić information content (AvgIpc) is 2.94. The monoisotopic (exact) mass is 355 g/mol. The zero-order chi connectivity index (χ0) is 18.4. The van der Waals surface area contributed by atoms with Crippen molar-refractivity contribution >= 4 is 11.5 Å². The van der Waals surface area contributed by atoms with Crippen LogP contribution in [0.5, 0.6) is 0 Å². The van der Waals surface area contributed by atoms with Gasteiger partial charge in [0.05, 0.1) is 11.8 Å². The molecular weight excluding hydrogens is 346 g/mol. The fourth-order valence-electron chi connectivity index (χ4n) is 2.43. The first kappa shape index (κ1) is 16.7. The van der Waals surface area contributed by atoms with Gasteiger partial charge < -0.3 is 9.67 Å². The van der Waals surface area contributed by atoms with Crippen molar-refractivity contribution < 1.29 is 27.5 Å². The third-order valence-corrected chi connectivity index (χ3v) is 3.54. The Morgan fingerprint density at radius 3 is 2.60 bits per heavy atom. The Morgan fingerprint density at radius 2 is 1.96 bits per heavy atom. The summed E-state index contributed by atoms with van der Waals surface area (Å²) in [6.45, 7) is -0.614. The van der Waals surface area contributed by atoms with Gasteiger partial charge >= 0.3 is 12.1 Å². The molecule has 0 saturated heterocycles. The van der Waals surface area contributed by atoms with E-state index in [0.717, 1.165) is 21.3 Å². The molecule has 0 atom stereocenters. The second-order valence-corrected chi connectivity index (χ2v) is 5.17. The quantitative estimate of drug-likeness (QED) is 0.732. The topological polar surface area (TPSA) is 76.6 Å². The molecule has 1 aromatic carbocycles. The summed E-state index contributed by atoms with van der Waals surface area (Å²) in [5.41, 5.74) is -2.34. The smallest absolute Gasteiger partial charge is 0.419 e. The van der Waals surface area contributed by atoms with Crippen LogP contribution in [0.1, 0.15) is 5.56 Å². The Labute approximate surface area is 136 Å². The number of carbonyl (C=O) groups is 1. The van der Waals surface area contributed by atoms with Crippen molar-refractivity contribution in [3.05, 3.63) is 58.5 Å². The van der Waals surface area contributed by atoms with E-state index in [4.69, 9.17) is 5.11 Å². The number of hydrogen-bond acceptors (Lipinski definition) is 3. The summed E-state index contributed by atoms with van der Waals surface area (Å²) in [7, 11) is 0. The summed E-state index contributed by atoms with van der Waals surface area (Å²) in [4.78, 5) is 23.2. The molecular formula is C15H9F4N3O3. The number of benzene rings is 1. The van der Waals surface area contributed by atoms with Gasteiger partial charge in [-0.25, -0.2) is 8.91 Å². The first-order valence-electron chi connectivity index (χ1n) is 6.84. The van der Waals surface area contributed by atoms with Gasteiger partial charge in [-0.15, -0.1) is 0 Å². The maximum atomic E-state index is 13.4. The van der Waals surface area contributed by atoms with Crippen molar-refractivity contribution in [2.75, 3.05) is 0 Å².